The summed E-state index contributed by atoms with van der Waals surface area (Å²) in [5.41, 5.74) is -1.18. The standard InChI is InChI=1S/C12H13FN2O4/c1-19-11(16)8-2-3-10(15(17)18)9(6-8)14-7-12(13)4-5-12/h2-3,6,14H,4-5,7H2,1H3. The number of esters is 1. The first-order valence-electron chi connectivity index (χ1n) is 5.75. The highest BCUT2D eigenvalue weighted by Gasteiger charge is 2.43. The monoisotopic (exact) mass is 268 g/mol. The number of anilines is 1. The molecule has 1 aliphatic carbocycles. The third kappa shape index (κ3) is 2.98. The smallest absolute Gasteiger partial charge is 0.337 e. The molecule has 0 radical (unpaired) electrons. The van der Waals surface area contributed by atoms with Gasteiger partial charge in [-0.3, -0.25) is 10.1 Å². The highest BCUT2D eigenvalue weighted by atomic mass is 19.1. The van der Waals surface area contributed by atoms with Gasteiger partial charge >= 0.3 is 5.97 Å². The lowest BCUT2D eigenvalue weighted by Crippen LogP contribution is -2.17. The van der Waals surface area contributed by atoms with Crippen LogP contribution in [0.1, 0.15) is 23.2 Å². The second kappa shape index (κ2) is 4.83. The summed E-state index contributed by atoms with van der Waals surface area (Å²) >= 11 is 0. The van der Waals surface area contributed by atoms with E-state index in [0.29, 0.717) is 12.8 Å². The van der Waals surface area contributed by atoms with Gasteiger partial charge in [-0.05, 0) is 25.0 Å². The van der Waals surface area contributed by atoms with Gasteiger partial charge in [-0.1, -0.05) is 0 Å². The van der Waals surface area contributed by atoms with Crippen molar-refractivity contribution in [3.05, 3.63) is 33.9 Å². The molecule has 0 spiro atoms. The van der Waals surface area contributed by atoms with Crippen LogP contribution < -0.4 is 5.32 Å². The minimum atomic E-state index is -1.28. The number of carbonyl (C=O) groups excluding carboxylic acids is 1. The van der Waals surface area contributed by atoms with Crippen LogP contribution in [0.25, 0.3) is 0 Å². The third-order valence-electron chi connectivity index (χ3n) is 3.00. The maximum Gasteiger partial charge on any atom is 0.337 e. The molecule has 1 aromatic carbocycles. The van der Waals surface area contributed by atoms with Crippen LogP contribution in [0.3, 0.4) is 0 Å². The fraction of sp³-hybridized carbons (Fsp3) is 0.417. The van der Waals surface area contributed by atoms with Crippen molar-refractivity contribution in [2.24, 2.45) is 0 Å². The molecule has 19 heavy (non-hydrogen) atoms. The van der Waals surface area contributed by atoms with E-state index >= 15 is 0 Å². The Morgan fingerprint density at radius 3 is 2.79 bits per heavy atom. The predicted octanol–water partition coefficient (Wildman–Crippen LogP) is 2.30. The van der Waals surface area contributed by atoms with E-state index in [1.54, 1.807) is 0 Å². The molecule has 0 atom stereocenters. The van der Waals surface area contributed by atoms with Gasteiger partial charge in [0.25, 0.3) is 5.69 Å². The molecule has 0 unspecified atom stereocenters. The molecule has 0 bridgehead atoms. The average Bonchev–Trinajstić information content (AvgIpc) is 3.13. The Kier molecular flexibility index (Phi) is 3.37. The van der Waals surface area contributed by atoms with Crippen molar-refractivity contribution >= 4 is 17.3 Å². The number of nitrogens with one attached hydrogen (secondary N) is 1. The molecule has 0 saturated heterocycles. The highest BCUT2D eigenvalue weighted by molar-refractivity contribution is 5.91. The van der Waals surface area contributed by atoms with Crippen molar-refractivity contribution in [3.8, 4) is 0 Å². The van der Waals surface area contributed by atoms with Crippen molar-refractivity contribution in [3.63, 3.8) is 0 Å². The highest BCUT2D eigenvalue weighted by Crippen LogP contribution is 2.40. The van der Waals surface area contributed by atoms with E-state index in [2.05, 4.69) is 10.1 Å². The average molecular weight is 268 g/mol. The summed E-state index contributed by atoms with van der Waals surface area (Å²) in [6.07, 6.45) is 0.898. The maximum atomic E-state index is 13.5. The van der Waals surface area contributed by atoms with Crippen LogP contribution in [0.4, 0.5) is 15.8 Å². The number of nitro groups is 1. The first kappa shape index (κ1) is 13.3. The Bertz CT molecular complexity index is 528. The zero-order chi connectivity index (χ0) is 14.0. The van der Waals surface area contributed by atoms with Crippen LogP contribution in [-0.2, 0) is 4.74 Å². The van der Waals surface area contributed by atoms with Gasteiger partial charge < -0.3 is 10.1 Å². The Labute approximate surface area is 108 Å². The van der Waals surface area contributed by atoms with E-state index in [1.165, 1.54) is 25.3 Å². The number of hydrogen-bond acceptors (Lipinski definition) is 5. The third-order valence-corrected chi connectivity index (χ3v) is 3.00. The number of halogens is 1. The number of nitrogens with zero attached hydrogens (tertiary/aromatic N) is 1. The number of methoxy groups -OCH3 is 1. The maximum absolute atomic E-state index is 13.5. The second-order valence-corrected chi connectivity index (χ2v) is 4.49. The largest absolute Gasteiger partial charge is 0.465 e. The molecule has 0 amide bonds. The normalized spacial score (nSPS) is 15.7. The van der Waals surface area contributed by atoms with Crippen molar-refractivity contribution in [1.82, 2.24) is 0 Å². The van der Waals surface area contributed by atoms with Crippen LogP contribution in [-0.4, -0.2) is 30.2 Å². The van der Waals surface area contributed by atoms with Gasteiger partial charge in [-0.2, -0.15) is 0 Å². The fourth-order valence-electron chi connectivity index (χ4n) is 1.65. The molecular formula is C12H13FN2O4. The van der Waals surface area contributed by atoms with Crippen molar-refractivity contribution in [2.45, 2.75) is 18.5 Å². The second-order valence-electron chi connectivity index (χ2n) is 4.49. The van der Waals surface area contributed by atoms with Gasteiger partial charge in [0.2, 0.25) is 0 Å². The van der Waals surface area contributed by atoms with Crippen molar-refractivity contribution in [2.75, 3.05) is 19.0 Å². The first-order chi connectivity index (χ1) is 8.95. The molecule has 102 valence electrons. The summed E-state index contributed by atoms with van der Waals surface area (Å²) < 4.78 is 18.1. The summed E-state index contributed by atoms with van der Waals surface area (Å²) in [6, 6.07) is 3.81. The molecule has 1 fully saturated rings. The van der Waals surface area contributed by atoms with Crippen LogP contribution in [0.5, 0.6) is 0 Å². The van der Waals surface area contributed by atoms with E-state index in [9.17, 15) is 19.3 Å². The topological polar surface area (TPSA) is 81.5 Å². The molecule has 7 heteroatoms. The summed E-state index contributed by atoms with van der Waals surface area (Å²) in [5, 5.41) is 13.6. The van der Waals surface area contributed by atoms with Gasteiger partial charge in [0, 0.05) is 12.6 Å². The molecule has 6 nitrogen and oxygen atoms in total. The Hall–Kier alpha value is -2.18. The molecule has 1 saturated carbocycles. The van der Waals surface area contributed by atoms with Crippen LogP contribution in [0.15, 0.2) is 18.2 Å². The SMILES string of the molecule is COC(=O)c1ccc([N+](=O)[O-])c(NCC2(F)CC2)c1. The summed E-state index contributed by atoms with van der Waals surface area (Å²) in [7, 11) is 1.22. The van der Waals surface area contributed by atoms with Crippen molar-refractivity contribution < 1.29 is 18.8 Å². The zero-order valence-electron chi connectivity index (χ0n) is 10.3. The van der Waals surface area contributed by atoms with Gasteiger partial charge in [-0.15, -0.1) is 0 Å². The van der Waals surface area contributed by atoms with E-state index in [0.717, 1.165) is 0 Å². The Morgan fingerprint density at radius 1 is 1.58 bits per heavy atom. The summed E-state index contributed by atoms with van der Waals surface area (Å²) in [4.78, 5) is 21.7. The van der Waals surface area contributed by atoms with Crippen molar-refractivity contribution in [1.29, 1.82) is 0 Å². The molecule has 0 heterocycles. The zero-order valence-corrected chi connectivity index (χ0v) is 10.3. The van der Waals surface area contributed by atoms with Gasteiger partial charge in [-0.25, -0.2) is 9.18 Å². The molecule has 1 N–H and O–H groups in total. The number of benzene rings is 1. The minimum Gasteiger partial charge on any atom is -0.465 e. The quantitative estimate of drug-likeness (QED) is 0.503. The fourth-order valence-corrected chi connectivity index (χ4v) is 1.65. The van der Waals surface area contributed by atoms with E-state index in [4.69, 9.17) is 0 Å². The molecule has 2 rings (SSSR count). The van der Waals surface area contributed by atoms with E-state index in [-0.39, 0.29) is 23.5 Å². The lowest BCUT2D eigenvalue weighted by atomic mass is 10.1. The van der Waals surface area contributed by atoms with E-state index < -0.39 is 16.6 Å². The predicted molar refractivity (Wildman–Crippen MR) is 66.0 cm³/mol. The lowest BCUT2D eigenvalue weighted by molar-refractivity contribution is -0.384. The number of carbonyl (C=O) groups is 1. The summed E-state index contributed by atoms with van der Waals surface area (Å²) in [6.45, 7) is -0.00152. The van der Waals surface area contributed by atoms with E-state index in [1.807, 2.05) is 0 Å². The minimum absolute atomic E-state index is 0.00152. The molecule has 0 aromatic heterocycles. The van der Waals surface area contributed by atoms with Crippen LogP contribution in [0, 0.1) is 10.1 Å². The van der Waals surface area contributed by atoms with Crippen LogP contribution in [0.2, 0.25) is 0 Å². The Morgan fingerprint density at radius 2 is 2.26 bits per heavy atom. The number of nitro benzene ring substituents is 1. The lowest BCUT2D eigenvalue weighted by Gasteiger charge is -2.10. The number of alkyl halides is 1. The molecular weight excluding hydrogens is 255 g/mol. The Balaban J connectivity index is 2.24. The molecule has 0 aliphatic heterocycles. The van der Waals surface area contributed by atoms with Gasteiger partial charge in [0.15, 0.2) is 0 Å². The van der Waals surface area contributed by atoms with Gasteiger partial charge in [0.1, 0.15) is 11.4 Å². The number of ether oxygens (including phenoxy) is 1. The van der Waals surface area contributed by atoms with Crippen LogP contribution >= 0.6 is 0 Å². The molecule has 1 aliphatic rings. The number of hydrogen-bond donors (Lipinski definition) is 1. The molecule has 1 aromatic rings. The first-order valence-corrected chi connectivity index (χ1v) is 5.75. The summed E-state index contributed by atoms with van der Waals surface area (Å²) in [5.74, 6) is -0.598. The van der Waals surface area contributed by atoms with Gasteiger partial charge in [0.05, 0.1) is 17.6 Å². The number of rotatable bonds is 5.